The summed E-state index contributed by atoms with van der Waals surface area (Å²) >= 11 is 2.53. The lowest BCUT2D eigenvalue weighted by molar-refractivity contribution is -0.138. The summed E-state index contributed by atoms with van der Waals surface area (Å²) in [6.45, 7) is 3.60. The summed E-state index contributed by atoms with van der Waals surface area (Å²) in [6.07, 6.45) is 0.867. The molecule has 0 aliphatic carbocycles. The summed E-state index contributed by atoms with van der Waals surface area (Å²) in [5.41, 5.74) is 1.46. The molecule has 0 amide bonds. The Morgan fingerprint density at radius 3 is 1.21 bits per heavy atom. The zero-order chi connectivity index (χ0) is 27.7. The molecule has 2 heterocycles. The Morgan fingerprint density at radius 1 is 0.579 bits per heavy atom. The number of hydrogen-bond donors (Lipinski definition) is 2. The van der Waals surface area contributed by atoms with Crippen LogP contribution in [0.2, 0.25) is 0 Å². The lowest BCUT2D eigenvalue weighted by Gasteiger charge is -2.10. The lowest BCUT2D eigenvalue weighted by atomic mass is 9.98. The summed E-state index contributed by atoms with van der Waals surface area (Å²) in [5.74, 6) is -3.11. The standard InChI is InChI=1S/2C15H14O3S/c2*1-2-11(16)12-8-9-13(19-12)14(15(17)18)10-6-4-3-5-7-10/h2*3-9,14H,2H2,1H3,(H,17,18). The van der Waals surface area contributed by atoms with Crippen LogP contribution in [0.5, 0.6) is 0 Å². The molecule has 2 atom stereocenters. The second-order valence-corrected chi connectivity index (χ2v) is 10.6. The van der Waals surface area contributed by atoms with E-state index in [-0.39, 0.29) is 11.6 Å². The van der Waals surface area contributed by atoms with Crippen molar-refractivity contribution in [3.8, 4) is 0 Å². The molecule has 2 N–H and O–H groups in total. The van der Waals surface area contributed by atoms with Crippen LogP contribution in [-0.4, -0.2) is 33.7 Å². The van der Waals surface area contributed by atoms with Crippen LogP contribution in [0.15, 0.2) is 84.9 Å². The van der Waals surface area contributed by atoms with Crippen molar-refractivity contribution in [3.63, 3.8) is 0 Å². The second kappa shape index (κ2) is 13.6. The number of carboxylic acids is 2. The Hall–Kier alpha value is -3.88. The molecular weight excluding hydrogens is 520 g/mol. The smallest absolute Gasteiger partial charge is 0.316 e. The number of rotatable bonds is 10. The fourth-order valence-electron chi connectivity index (χ4n) is 3.81. The highest BCUT2D eigenvalue weighted by molar-refractivity contribution is 7.14. The van der Waals surface area contributed by atoms with Gasteiger partial charge in [0.15, 0.2) is 11.6 Å². The van der Waals surface area contributed by atoms with E-state index in [0.717, 1.165) is 11.1 Å². The zero-order valence-electron chi connectivity index (χ0n) is 21.0. The van der Waals surface area contributed by atoms with Crippen LogP contribution in [0.1, 0.15) is 78.7 Å². The van der Waals surface area contributed by atoms with Gasteiger partial charge < -0.3 is 10.2 Å². The van der Waals surface area contributed by atoms with E-state index >= 15 is 0 Å². The number of thiophene rings is 2. The van der Waals surface area contributed by atoms with Crippen molar-refractivity contribution in [2.75, 3.05) is 0 Å². The third kappa shape index (κ3) is 7.12. The number of carboxylic acid groups (broad SMARTS) is 2. The van der Waals surface area contributed by atoms with E-state index < -0.39 is 23.8 Å². The van der Waals surface area contributed by atoms with Crippen LogP contribution in [0.3, 0.4) is 0 Å². The Bertz CT molecular complexity index is 1280. The molecule has 4 aromatic rings. The first kappa shape index (κ1) is 28.7. The van der Waals surface area contributed by atoms with Crippen LogP contribution < -0.4 is 0 Å². The Balaban J connectivity index is 0.000000211. The average molecular weight is 549 g/mol. The van der Waals surface area contributed by atoms with Crippen LogP contribution >= 0.6 is 22.7 Å². The van der Waals surface area contributed by atoms with Gasteiger partial charge >= 0.3 is 11.9 Å². The highest BCUT2D eigenvalue weighted by Crippen LogP contribution is 2.32. The minimum Gasteiger partial charge on any atom is -0.481 e. The van der Waals surface area contributed by atoms with Gasteiger partial charge in [-0.1, -0.05) is 74.5 Å². The van der Waals surface area contributed by atoms with Crippen molar-refractivity contribution in [3.05, 3.63) is 116 Å². The number of carbonyl (C=O) groups is 4. The van der Waals surface area contributed by atoms with Gasteiger partial charge in [0.2, 0.25) is 0 Å². The molecule has 0 radical (unpaired) electrons. The van der Waals surface area contributed by atoms with E-state index in [2.05, 4.69) is 0 Å². The highest BCUT2D eigenvalue weighted by Gasteiger charge is 2.25. The number of ketones is 2. The largest absolute Gasteiger partial charge is 0.481 e. The molecule has 0 fully saturated rings. The summed E-state index contributed by atoms with van der Waals surface area (Å²) in [4.78, 5) is 48.8. The van der Waals surface area contributed by atoms with E-state index in [4.69, 9.17) is 0 Å². The molecule has 0 saturated heterocycles. The number of Topliss-reactive ketones (excluding diaryl/α,β-unsaturated/α-hetero) is 2. The predicted molar refractivity (Wildman–Crippen MR) is 150 cm³/mol. The molecular formula is C30H28O6S2. The quantitative estimate of drug-likeness (QED) is 0.204. The number of carbonyl (C=O) groups excluding carboxylic acids is 2. The minimum atomic E-state index is -0.899. The average Bonchev–Trinajstić information content (AvgIpc) is 3.60. The third-order valence-corrected chi connectivity index (χ3v) is 8.16. The maximum absolute atomic E-state index is 11.6. The van der Waals surface area contributed by atoms with Gasteiger partial charge in [-0.05, 0) is 35.4 Å². The first-order valence-corrected chi connectivity index (χ1v) is 13.7. The number of benzene rings is 2. The highest BCUT2D eigenvalue weighted by atomic mass is 32.1. The Labute approximate surface area is 229 Å². The molecule has 2 aromatic heterocycles. The van der Waals surface area contributed by atoms with Gasteiger partial charge in [0.1, 0.15) is 11.8 Å². The van der Waals surface area contributed by atoms with Gasteiger partial charge in [-0.2, -0.15) is 0 Å². The predicted octanol–water partition coefficient (Wildman–Crippen LogP) is 7.11. The maximum atomic E-state index is 11.6. The van der Waals surface area contributed by atoms with Gasteiger partial charge in [0.25, 0.3) is 0 Å². The van der Waals surface area contributed by atoms with Gasteiger partial charge in [0.05, 0.1) is 9.75 Å². The Morgan fingerprint density at radius 2 is 0.921 bits per heavy atom. The first-order valence-electron chi connectivity index (χ1n) is 12.1. The van der Waals surface area contributed by atoms with Crippen LogP contribution in [0.4, 0.5) is 0 Å². The van der Waals surface area contributed by atoms with Gasteiger partial charge in [-0.15, -0.1) is 22.7 Å². The zero-order valence-corrected chi connectivity index (χ0v) is 22.6. The molecule has 196 valence electrons. The van der Waals surface area contributed by atoms with Crippen molar-refractivity contribution in [1.82, 2.24) is 0 Å². The summed E-state index contributed by atoms with van der Waals surface area (Å²) in [6, 6.07) is 25.0. The van der Waals surface area contributed by atoms with E-state index in [9.17, 15) is 29.4 Å². The van der Waals surface area contributed by atoms with Gasteiger partial charge in [-0.25, -0.2) is 0 Å². The van der Waals surface area contributed by atoms with E-state index in [1.165, 1.54) is 22.7 Å². The SMILES string of the molecule is CCC(=O)c1ccc(C(C(=O)O)c2ccccc2)s1.CCC(=O)c1ccc(C(C(=O)O)c2ccccc2)s1. The molecule has 0 saturated carbocycles. The summed E-state index contributed by atoms with van der Waals surface area (Å²) in [5, 5.41) is 18.8. The molecule has 2 aromatic carbocycles. The number of hydrogen-bond acceptors (Lipinski definition) is 6. The minimum absolute atomic E-state index is 0.0495. The molecule has 6 nitrogen and oxygen atoms in total. The number of aliphatic carboxylic acids is 2. The molecule has 0 bridgehead atoms. The summed E-state index contributed by atoms with van der Waals surface area (Å²) < 4.78 is 0. The third-order valence-electron chi connectivity index (χ3n) is 5.77. The lowest BCUT2D eigenvalue weighted by Crippen LogP contribution is -2.11. The molecule has 2 unspecified atom stereocenters. The van der Waals surface area contributed by atoms with E-state index in [0.29, 0.717) is 32.4 Å². The molecule has 38 heavy (non-hydrogen) atoms. The van der Waals surface area contributed by atoms with Crippen LogP contribution in [0.25, 0.3) is 0 Å². The normalized spacial score (nSPS) is 12.1. The summed E-state index contributed by atoms with van der Waals surface area (Å²) in [7, 11) is 0. The van der Waals surface area contributed by atoms with Gasteiger partial charge in [0, 0.05) is 22.6 Å². The fourth-order valence-corrected chi connectivity index (χ4v) is 6.09. The Kier molecular flexibility index (Phi) is 10.3. The fraction of sp³-hybridized carbons (Fsp3) is 0.200. The van der Waals surface area contributed by atoms with Crippen molar-refractivity contribution < 1.29 is 29.4 Å². The van der Waals surface area contributed by atoms with Crippen molar-refractivity contribution in [2.45, 2.75) is 38.5 Å². The monoisotopic (exact) mass is 548 g/mol. The van der Waals surface area contributed by atoms with Crippen LogP contribution in [0, 0.1) is 0 Å². The molecule has 8 heteroatoms. The van der Waals surface area contributed by atoms with Crippen LogP contribution in [-0.2, 0) is 9.59 Å². The van der Waals surface area contributed by atoms with Crippen molar-refractivity contribution in [2.24, 2.45) is 0 Å². The van der Waals surface area contributed by atoms with Crippen molar-refractivity contribution in [1.29, 1.82) is 0 Å². The molecule has 0 spiro atoms. The molecule has 4 rings (SSSR count). The van der Waals surface area contributed by atoms with Gasteiger partial charge in [-0.3, -0.25) is 19.2 Å². The van der Waals surface area contributed by atoms with Crippen molar-refractivity contribution >= 4 is 46.2 Å². The first-order chi connectivity index (χ1) is 18.3. The topological polar surface area (TPSA) is 109 Å². The van der Waals surface area contributed by atoms with E-state index in [1.54, 1.807) is 62.4 Å². The molecule has 0 aliphatic heterocycles. The second-order valence-electron chi connectivity index (χ2n) is 8.32. The van der Waals surface area contributed by atoms with E-state index in [1.807, 2.05) is 36.4 Å². The molecule has 0 aliphatic rings. The maximum Gasteiger partial charge on any atom is 0.316 e.